The number of methoxy groups -OCH3 is 1. The van der Waals surface area contributed by atoms with Gasteiger partial charge in [-0.25, -0.2) is 4.79 Å². The molecule has 0 fully saturated rings. The number of nitrogens with zero attached hydrogens (tertiary/aromatic N) is 4. The van der Waals surface area contributed by atoms with Gasteiger partial charge in [0.05, 0.1) is 26.5 Å². The first-order valence-electron chi connectivity index (χ1n) is 13.0. The van der Waals surface area contributed by atoms with Gasteiger partial charge in [0.1, 0.15) is 29.6 Å². The third-order valence-electron chi connectivity index (χ3n) is 5.90. The lowest BCUT2D eigenvalue weighted by Crippen LogP contribution is -2.26. The summed E-state index contributed by atoms with van der Waals surface area (Å²) in [5.74, 6) is 2.37. The number of furan rings is 1. The van der Waals surface area contributed by atoms with E-state index in [0.717, 1.165) is 11.3 Å². The van der Waals surface area contributed by atoms with E-state index in [1.165, 1.54) is 0 Å². The first-order chi connectivity index (χ1) is 19.9. The Morgan fingerprint density at radius 3 is 2.41 bits per heavy atom. The molecule has 0 saturated carbocycles. The van der Waals surface area contributed by atoms with Crippen molar-refractivity contribution in [2.45, 2.75) is 26.0 Å². The van der Waals surface area contributed by atoms with Gasteiger partial charge in [-0.15, -0.1) is 0 Å². The molecule has 0 saturated heterocycles. The van der Waals surface area contributed by atoms with Crippen molar-refractivity contribution in [1.82, 2.24) is 15.0 Å². The molecule has 2 aromatic carbocycles. The number of hydrogen-bond donors (Lipinski definition) is 2. The highest BCUT2D eigenvalue weighted by Crippen LogP contribution is 2.24. The molecule has 41 heavy (non-hydrogen) atoms. The lowest BCUT2D eigenvalue weighted by Gasteiger charge is -2.19. The molecule has 0 spiro atoms. The van der Waals surface area contributed by atoms with Gasteiger partial charge < -0.3 is 38.7 Å². The number of likely N-dealkylation sites (N-methyl/N-ethyl adjacent to an activating group) is 1. The van der Waals surface area contributed by atoms with Crippen LogP contribution in [-0.4, -0.2) is 66.0 Å². The Morgan fingerprint density at radius 2 is 1.76 bits per heavy atom. The number of aliphatic carboxylic acids is 1. The highest BCUT2D eigenvalue weighted by atomic mass is 16.5. The molecule has 1 unspecified atom stereocenters. The van der Waals surface area contributed by atoms with E-state index >= 15 is 0 Å². The molecule has 2 aromatic heterocycles. The molecule has 0 aliphatic heterocycles. The Balaban J connectivity index is 1.38. The van der Waals surface area contributed by atoms with Crippen LogP contribution in [0.4, 0.5) is 11.9 Å². The second-order valence-corrected chi connectivity index (χ2v) is 8.85. The van der Waals surface area contributed by atoms with Crippen LogP contribution < -0.4 is 24.4 Å². The Labute approximate surface area is 237 Å². The van der Waals surface area contributed by atoms with Gasteiger partial charge in [-0.1, -0.05) is 12.1 Å². The monoisotopic (exact) mass is 563 g/mol. The summed E-state index contributed by atoms with van der Waals surface area (Å²) < 4.78 is 27.7. The summed E-state index contributed by atoms with van der Waals surface area (Å²) in [6, 6.07) is 18.2. The number of carboxylic acid groups (broad SMARTS) is 1. The number of hydrogen-bond acceptors (Lipinski definition) is 11. The number of aromatic nitrogens is 3. The van der Waals surface area contributed by atoms with E-state index in [0.29, 0.717) is 55.4 Å². The van der Waals surface area contributed by atoms with E-state index in [1.54, 1.807) is 56.7 Å². The minimum Gasteiger partial charge on any atom is -0.497 e. The Hall–Kier alpha value is -4.84. The number of ether oxygens (including phenoxy) is 4. The summed E-state index contributed by atoms with van der Waals surface area (Å²) in [6.45, 7) is 3.31. The van der Waals surface area contributed by atoms with E-state index in [2.05, 4.69) is 20.3 Å². The molecule has 0 amide bonds. The first kappa shape index (κ1) is 29.2. The molecule has 216 valence electrons. The molecule has 0 aliphatic rings. The van der Waals surface area contributed by atoms with Gasteiger partial charge in [-0.3, -0.25) is 0 Å². The van der Waals surface area contributed by atoms with Crippen LogP contribution in [-0.2, 0) is 22.5 Å². The van der Waals surface area contributed by atoms with Crippen molar-refractivity contribution in [3.63, 3.8) is 0 Å². The number of benzene rings is 2. The largest absolute Gasteiger partial charge is 0.497 e. The smallest absolute Gasteiger partial charge is 0.333 e. The molecule has 4 aromatic rings. The van der Waals surface area contributed by atoms with Crippen LogP contribution in [0.3, 0.4) is 0 Å². The predicted molar refractivity (Wildman–Crippen MR) is 151 cm³/mol. The van der Waals surface area contributed by atoms with Crippen LogP contribution in [0.15, 0.2) is 71.3 Å². The maximum absolute atomic E-state index is 11.3. The van der Waals surface area contributed by atoms with Crippen molar-refractivity contribution < 1.29 is 33.3 Å². The first-order valence-corrected chi connectivity index (χ1v) is 13.0. The predicted octanol–water partition coefficient (Wildman–Crippen LogP) is 4.43. The summed E-state index contributed by atoms with van der Waals surface area (Å²) in [7, 11) is 3.44. The Kier molecular flexibility index (Phi) is 10.3. The highest BCUT2D eigenvalue weighted by Gasteiger charge is 2.18. The molecule has 4 rings (SSSR count). The van der Waals surface area contributed by atoms with Crippen molar-refractivity contribution in [3.8, 4) is 23.3 Å². The summed E-state index contributed by atoms with van der Waals surface area (Å²) in [6.07, 6.45) is 1.00. The SMILES string of the molecule is CCOC(Cc1ccc(OCCN(C)c2nc(NCc3ccco3)nc(Oc3ccc(OC)cc3)n2)cc1)C(=O)O. The van der Waals surface area contributed by atoms with Gasteiger partial charge >= 0.3 is 12.0 Å². The van der Waals surface area contributed by atoms with Crippen molar-refractivity contribution in [2.75, 3.05) is 44.1 Å². The molecule has 0 radical (unpaired) electrons. The van der Waals surface area contributed by atoms with Crippen LogP contribution >= 0.6 is 0 Å². The van der Waals surface area contributed by atoms with Crippen LogP contribution in [0.25, 0.3) is 0 Å². The quantitative estimate of drug-likeness (QED) is 0.199. The van der Waals surface area contributed by atoms with E-state index in [1.807, 2.05) is 36.2 Å². The maximum atomic E-state index is 11.3. The number of rotatable bonds is 16. The van der Waals surface area contributed by atoms with Crippen LogP contribution in [0.5, 0.6) is 23.3 Å². The van der Waals surface area contributed by atoms with E-state index < -0.39 is 12.1 Å². The van der Waals surface area contributed by atoms with E-state index in [-0.39, 0.29) is 12.4 Å². The molecule has 0 aliphatic carbocycles. The molecular weight excluding hydrogens is 530 g/mol. The molecule has 12 heteroatoms. The van der Waals surface area contributed by atoms with Gasteiger partial charge in [0.15, 0.2) is 6.10 Å². The zero-order chi connectivity index (χ0) is 29.0. The molecule has 2 heterocycles. The summed E-state index contributed by atoms with van der Waals surface area (Å²) in [5.41, 5.74) is 0.847. The van der Waals surface area contributed by atoms with Gasteiger partial charge in [0.25, 0.3) is 0 Å². The molecule has 2 N–H and O–H groups in total. The summed E-state index contributed by atoms with van der Waals surface area (Å²) in [5, 5.41) is 12.4. The third kappa shape index (κ3) is 8.83. The zero-order valence-electron chi connectivity index (χ0n) is 23.1. The number of carboxylic acids is 1. The normalized spacial score (nSPS) is 11.5. The molecule has 12 nitrogen and oxygen atoms in total. The molecular formula is C29H33N5O7. The molecule has 1 atom stereocenters. The Bertz CT molecular complexity index is 1370. The van der Waals surface area contributed by atoms with Gasteiger partial charge in [-0.05, 0) is 61.0 Å². The Morgan fingerprint density at radius 1 is 1.02 bits per heavy atom. The van der Waals surface area contributed by atoms with Gasteiger partial charge in [0.2, 0.25) is 11.9 Å². The van der Waals surface area contributed by atoms with Crippen LogP contribution in [0.1, 0.15) is 18.2 Å². The molecule has 0 bridgehead atoms. The lowest BCUT2D eigenvalue weighted by molar-refractivity contribution is -0.149. The number of carbonyl (C=O) groups is 1. The summed E-state index contributed by atoms with van der Waals surface area (Å²) in [4.78, 5) is 26.6. The fourth-order valence-corrected chi connectivity index (χ4v) is 3.72. The second kappa shape index (κ2) is 14.5. The standard InChI is InChI=1S/C29H33N5O7/c1-4-38-25(26(35)36)18-20-7-9-22(10-8-20)40-17-15-34(2)28-31-27(30-19-24-6-5-16-39-24)32-29(33-28)41-23-13-11-21(37-3)12-14-23/h5-14,16,25H,4,15,17-19H2,1-3H3,(H,35,36)(H,30,31,32,33). The fourth-order valence-electron chi connectivity index (χ4n) is 3.72. The highest BCUT2D eigenvalue weighted by molar-refractivity contribution is 5.72. The maximum Gasteiger partial charge on any atom is 0.333 e. The number of anilines is 2. The van der Waals surface area contributed by atoms with Crippen molar-refractivity contribution in [3.05, 3.63) is 78.3 Å². The third-order valence-corrected chi connectivity index (χ3v) is 5.90. The minimum absolute atomic E-state index is 0.122. The van der Waals surface area contributed by atoms with Crippen LogP contribution in [0.2, 0.25) is 0 Å². The van der Waals surface area contributed by atoms with Gasteiger partial charge in [0, 0.05) is 20.1 Å². The van der Waals surface area contributed by atoms with Crippen LogP contribution in [0, 0.1) is 0 Å². The van der Waals surface area contributed by atoms with Crippen molar-refractivity contribution >= 4 is 17.9 Å². The van der Waals surface area contributed by atoms with E-state index in [9.17, 15) is 9.90 Å². The second-order valence-electron chi connectivity index (χ2n) is 8.85. The topological polar surface area (TPSA) is 141 Å². The van der Waals surface area contributed by atoms with Gasteiger partial charge in [-0.2, -0.15) is 15.0 Å². The minimum atomic E-state index is -0.981. The van der Waals surface area contributed by atoms with Crippen molar-refractivity contribution in [2.24, 2.45) is 0 Å². The fraction of sp³-hybridized carbons (Fsp3) is 0.310. The average Bonchev–Trinajstić information content (AvgIpc) is 3.51. The average molecular weight is 564 g/mol. The zero-order valence-corrected chi connectivity index (χ0v) is 23.1. The summed E-state index contributed by atoms with van der Waals surface area (Å²) >= 11 is 0. The van der Waals surface area contributed by atoms with Crippen molar-refractivity contribution in [1.29, 1.82) is 0 Å². The van der Waals surface area contributed by atoms with E-state index in [4.69, 9.17) is 23.4 Å². The number of nitrogens with one attached hydrogen (secondary N) is 1. The lowest BCUT2D eigenvalue weighted by atomic mass is 10.1.